The van der Waals surface area contributed by atoms with E-state index in [0.717, 1.165) is 12.1 Å². The summed E-state index contributed by atoms with van der Waals surface area (Å²) in [6.07, 6.45) is 2.11. The second-order valence-corrected chi connectivity index (χ2v) is 5.51. The molecule has 3 heteroatoms. The lowest BCUT2D eigenvalue weighted by molar-refractivity contribution is 0.837. The highest BCUT2D eigenvalue weighted by atomic mass is 35.5. The second-order valence-electron chi connectivity index (χ2n) is 4.70. The number of hydrogen-bond acceptors (Lipinski definition) is 0. The number of benzene rings is 2. The van der Waals surface area contributed by atoms with Crippen LogP contribution in [0.25, 0.3) is 10.9 Å². The van der Waals surface area contributed by atoms with Gasteiger partial charge in [-0.05, 0) is 42.3 Å². The number of halogens is 2. The van der Waals surface area contributed by atoms with E-state index in [-0.39, 0.29) is 0 Å². The standard InChI is InChI=1S/C16H13Cl2N/c1-11-3-2-4-16-13(11)7-8-19(16)10-12-5-6-14(17)15(18)9-12/h2-9H,10H2,1H3. The van der Waals surface area contributed by atoms with Crippen molar-refractivity contribution in [3.63, 3.8) is 0 Å². The average molecular weight is 290 g/mol. The van der Waals surface area contributed by atoms with Crippen molar-refractivity contribution in [1.82, 2.24) is 4.57 Å². The maximum absolute atomic E-state index is 6.06. The number of nitrogens with zero attached hydrogens (tertiary/aromatic N) is 1. The summed E-state index contributed by atoms with van der Waals surface area (Å²) in [6, 6.07) is 14.3. The largest absolute Gasteiger partial charge is 0.343 e. The third-order valence-corrected chi connectivity index (χ3v) is 4.11. The van der Waals surface area contributed by atoms with Crippen LogP contribution in [0.1, 0.15) is 11.1 Å². The van der Waals surface area contributed by atoms with Crippen LogP contribution in [0, 0.1) is 6.92 Å². The van der Waals surface area contributed by atoms with Gasteiger partial charge in [0.05, 0.1) is 10.0 Å². The van der Waals surface area contributed by atoms with Gasteiger partial charge in [0.1, 0.15) is 0 Å². The summed E-state index contributed by atoms with van der Waals surface area (Å²) in [5.41, 5.74) is 3.69. The van der Waals surface area contributed by atoms with Crippen molar-refractivity contribution in [1.29, 1.82) is 0 Å². The molecule has 0 bridgehead atoms. The SMILES string of the molecule is Cc1cccc2c1ccn2Cc1ccc(Cl)c(Cl)c1. The van der Waals surface area contributed by atoms with Gasteiger partial charge < -0.3 is 4.57 Å². The van der Waals surface area contributed by atoms with Gasteiger partial charge in [0.15, 0.2) is 0 Å². The number of fused-ring (bicyclic) bond motifs is 1. The molecule has 0 spiro atoms. The first-order chi connectivity index (χ1) is 9.15. The van der Waals surface area contributed by atoms with Crippen LogP contribution in [0.15, 0.2) is 48.7 Å². The smallest absolute Gasteiger partial charge is 0.0595 e. The van der Waals surface area contributed by atoms with Gasteiger partial charge in [-0.3, -0.25) is 0 Å². The summed E-state index contributed by atoms with van der Waals surface area (Å²) in [5.74, 6) is 0. The molecule has 1 nitrogen and oxygen atoms in total. The molecule has 1 heterocycles. The Morgan fingerprint density at radius 2 is 1.84 bits per heavy atom. The highest BCUT2D eigenvalue weighted by Gasteiger charge is 2.05. The molecule has 0 radical (unpaired) electrons. The number of aryl methyl sites for hydroxylation is 1. The molecule has 19 heavy (non-hydrogen) atoms. The van der Waals surface area contributed by atoms with E-state index in [1.54, 1.807) is 0 Å². The molecule has 0 aliphatic carbocycles. The summed E-state index contributed by atoms with van der Waals surface area (Å²) < 4.78 is 2.22. The van der Waals surface area contributed by atoms with Crippen LogP contribution < -0.4 is 0 Å². The van der Waals surface area contributed by atoms with Crippen molar-refractivity contribution in [2.24, 2.45) is 0 Å². The van der Waals surface area contributed by atoms with E-state index in [0.29, 0.717) is 10.0 Å². The predicted molar refractivity (Wildman–Crippen MR) is 82.2 cm³/mol. The van der Waals surface area contributed by atoms with E-state index >= 15 is 0 Å². The molecule has 3 aromatic rings. The number of aromatic nitrogens is 1. The van der Waals surface area contributed by atoms with Crippen molar-refractivity contribution in [3.05, 3.63) is 69.8 Å². The Morgan fingerprint density at radius 1 is 1.00 bits per heavy atom. The maximum atomic E-state index is 6.06. The molecule has 0 fully saturated rings. The van der Waals surface area contributed by atoms with Gasteiger partial charge in [0, 0.05) is 23.6 Å². The van der Waals surface area contributed by atoms with E-state index in [4.69, 9.17) is 23.2 Å². The molecular weight excluding hydrogens is 277 g/mol. The van der Waals surface area contributed by atoms with E-state index in [1.165, 1.54) is 16.5 Å². The molecule has 0 aliphatic heterocycles. The monoisotopic (exact) mass is 289 g/mol. The van der Waals surface area contributed by atoms with E-state index in [1.807, 2.05) is 18.2 Å². The van der Waals surface area contributed by atoms with Crippen LogP contribution >= 0.6 is 23.2 Å². The van der Waals surface area contributed by atoms with Crippen LogP contribution in [-0.2, 0) is 6.54 Å². The minimum Gasteiger partial charge on any atom is -0.343 e. The zero-order valence-corrected chi connectivity index (χ0v) is 12.0. The van der Waals surface area contributed by atoms with E-state index < -0.39 is 0 Å². The van der Waals surface area contributed by atoms with Gasteiger partial charge in [-0.15, -0.1) is 0 Å². The molecule has 0 aliphatic rings. The summed E-state index contributed by atoms with van der Waals surface area (Å²) in [7, 11) is 0. The average Bonchev–Trinajstić information content (AvgIpc) is 2.79. The summed E-state index contributed by atoms with van der Waals surface area (Å²) in [4.78, 5) is 0. The molecule has 0 atom stereocenters. The lowest BCUT2D eigenvalue weighted by atomic mass is 10.1. The van der Waals surface area contributed by atoms with Crippen molar-refractivity contribution >= 4 is 34.1 Å². The lowest BCUT2D eigenvalue weighted by Crippen LogP contribution is -1.97. The first kappa shape index (κ1) is 12.6. The molecule has 0 saturated carbocycles. The Labute approximate surface area is 122 Å². The molecule has 96 valence electrons. The Hall–Kier alpha value is -1.44. The van der Waals surface area contributed by atoms with Gasteiger partial charge >= 0.3 is 0 Å². The van der Waals surface area contributed by atoms with Gasteiger partial charge in [0.2, 0.25) is 0 Å². The number of rotatable bonds is 2. The minimum atomic E-state index is 0.596. The summed E-state index contributed by atoms with van der Waals surface area (Å²) in [6.45, 7) is 2.93. The third-order valence-electron chi connectivity index (χ3n) is 3.37. The van der Waals surface area contributed by atoms with Gasteiger partial charge in [-0.25, -0.2) is 0 Å². The Bertz CT molecular complexity index is 744. The maximum Gasteiger partial charge on any atom is 0.0595 e. The van der Waals surface area contributed by atoms with Crippen LogP contribution in [0.5, 0.6) is 0 Å². The fraction of sp³-hybridized carbons (Fsp3) is 0.125. The minimum absolute atomic E-state index is 0.596. The molecule has 2 aromatic carbocycles. The second kappa shape index (κ2) is 4.92. The first-order valence-electron chi connectivity index (χ1n) is 6.13. The molecule has 0 N–H and O–H groups in total. The highest BCUT2D eigenvalue weighted by molar-refractivity contribution is 6.42. The number of hydrogen-bond donors (Lipinski definition) is 0. The molecule has 3 rings (SSSR count). The first-order valence-corrected chi connectivity index (χ1v) is 6.89. The quantitative estimate of drug-likeness (QED) is 0.603. The normalized spacial score (nSPS) is 11.1. The summed E-state index contributed by atoms with van der Waals surface area (Å²) in [5, 5.41) is 2.49. The summed E-state index contributed by atoms with van der Waals surface area (Å²) >= 11 is 12.0. The van der Waals surface area contributed by atoms with Crippen molar-refractivity contribution in [3.8, 4) is 0 Å². The highest BCUT2D eigenvalue weighted by Crippen LogP contribution is 2.25. The van der Waals surface area contributed by atoms with E-state index in [2.05, 4.69) is 42.0 Å². The zero-order chi connectivity index (χ0) is 13.4. The zero-order valence-electron chi connectivity index (χ0n) is 10.5. The van der Waals surface area contributed by atoms with Crippen LogP contribution in [0.2, 0.25) is 10.0 Å². The third kappa shape index (κ3) is 2.36. The molecule has 0 saturated heterocycles. The molecule has 0 unspecified atom stereocenters. The predicted octanol–water partition coefficient (Wildman–Crippen LogP) is 5.30. The van der Waals surface area contributed by atoms with Gasteiger partial charge in [0.25, 0.3) is 0 Å². The Balaban J connectivity index is 2.01. The van der Waals surface area contributed by atoms with Crippen LogP contribution in [0.4, 0.5) is 0 Å². The van der Waals surface area contributed by atoms with Crippen molar-refractivity contribution in [2.75, 3.05) is 0 Å². The van der Waals surface area contributed by atoms with E-state index in [9.17, 15) is 0 Å². The van der Waals surface area contributed by atoms with Crippen molar-refractivity contribution in [2.45, 2.75) is 13.5 Å². The fourth-order valence-electron chi connectivity index (χ4n) is 2.35. The van der Waals surface area contributed by atoms with Crippen molar-refractivity contribution < 1.29 is 0 Å². The molecule has 1 aromatic heterocycles. The fourth-order valence-corrected chi connectivity index (χ4v) is 2.67. The van der Waals surface area contributed by atoms with Gasteiger partial charge in [-0.1, -0.05) is 41.4 Å². The van der Waals surface area contributed by atoms with Crippen LogP contribution in [0.3, 0.4) is 0 Å². The lowest BCUT2D eigenvalue weighted by Gasteiger charge is -2.07. The Kier molecular flexibility index (Phi) is 3.26. The Morgan fingerprint density at radius 3 is 2.63 bits per heavy atom. The van der Waals surface area contributed by atoms with Gasteiger partial charge in [-0.2, -0.15) is 0 Å². The molecular formula is C16H13Cl2N. The van der Waals surface area contributed by atoms with Crippen LogP contribution in [-0.4, -0.2) is 4.57 Å². The molecule has 0 amide bonds. The topological polar surface area (TPSA) is 4.93 Å².